The highest BCUT2D eigenvalue weighted by Crippen LogP contribution is 2.41. The molecular weight excluding hydrogens is 671 g/mol. The van der Waals surface area contributed by atoms with Crippen LogP contribution in [0.2, 0.25) is 10.0 Å². The average molecular weight is 712 g/mol. The number of aromatic nitrogens is 4. The first kappa shape index (κ1) is 33.1. The zero-order valence-electron chi connectivity index (χ0n) is 27.8. The van der Waals surface area contributed by atoms with E-state index in [1.165, 1.54) is 19.3 Å². The van der Waals surface area contributed by atoms with Gasteiger partial charge in [0.25, 0.3) is 5.91 Å². The number of nitrogens with one attached hydrogen (secondary N) is 2. The van der Waals surface area contributed by atoms with Crippen molar-refractivity contribution in [3.05, 3.63) is 94.0 Å². The molecule has 5 aromatic rings. The minimum atomic E-state index is -0.291. The van der Waals surface area contributed by atoms with Crippen molar-refractivity contribution in [2.75, 3.05) is 36.8 Å². The maximum Gasteiger partial charge on any atom is 0.276 e. The average Bonchev–Trinajstić information content (AvgIpc) is 3.76. The van der Waals surface area contributed by atoms with Crippen LogP contribution in [0.15, 0.2) is 67.0 Å². The van der Waals surface area contributed by atoms with E-state index in [-0.39, 0.29) is 12.0 Å². The number of aliphatic hydroxyl groups is 1. The number of piperidine rings is 1. The van der Waals surface area contributed by atoms with Crippen LogP contribution in [0.25, 0.3) is 22.0 Å². The van der Waals surface area contributed by atoms with Crippen molar-refractivity contribution < 1.29 is 9.90 Å². The molecule has 2 aromatic carbocycles. The topological polar surface area (TPSA) is 111 Å². The highest BCUT2D eigenvalue weighted by molar-refractivity contribution is 6.39. The van der Waals surface area contributed by atoms with Gasteiger partial charge in [-0.15, -0.1) is 0 Å². The van der Waals surface area contributed by atoms with Gasteiger partial charge in [0, 0.05) is 55.1 Å². The largest absolute Gasteiger partial charge is 0.392 e. The third-order valence-electron chi connectivity index (χ3n) is 10.2. The minimum absolute atomic E-state index is 0.259. The molecule has 3 aromatic heterocycles. The Bertz CT molecular complexity index is 2050. The van der Waals surface area contributed by atoms with Gasteiger partial charge in [-0.3, -0.25) is 24.3 Å². The Balaban J connectivity index is 1.01. The third-order valence-corrected chi connectivity index (χ3v) is 11.0. The van der Waals surface area contributed by atoms with Crippen LogP contribution in [-0.2, 0) is 13.1 Å². The van der Waals surface area contributed by atoms with Gasteiger partial charge in [-0.2, -0.15) is 5.10 Å². The number of aliphatic hydroxyl groups excluding tert-OH is 1. The van der Waals surface area contributed by atoms with Gasteiger partial charge in [0.1, 0.15) is 5.52 Å². The molecule has 10 nitrogen and oxygen atoms in total. The second-order valence-electron chi connectivity index (χ2n) is 13.6. The summed E-state index contributed by atoms with van der Waals surface area (Å²) >= 11 is 14.0. The van der Waals surface area contributed by atoms with Gasteiger partial charge in [0.15, 0.2) is 11.5 Å². The van der Waals surface area contributed by atoms with Gasteiger partial charge in [-0.05, 0) is 81.1 Å². The van der Waals surface area contributed by atoms with Crippen molar-refractivity contribution >= 4 is 57.2 Å². The second kappa shape index (κ2) is 14.3. The van der Waals surface area contributed by atoms with Crippen LogP contribution in [-0.4, -0.2) is 72.8 Å². The van der Waals surface area contributed by atoms with E-state index >= 15 is 0 Å². The van der Waals surface area contributed by atoms with E-state index in [9.17, 15) is 9.90 Å². The summed E-state index contributed by atoms with van der Waals surface area (Å²) in [4.78, 5) is 27.7. The number of carbonyl (C=O) groups excluding carboxylic acids is 1. The lowest BCUT2D eigenvalue weighted by atomic mass is 9.99. The van der Waals surface area contributed by atoms with E-state index in [4.69, 9.17) is 33.3 Å². The molecule has 1 amide bonds. The molecule has 2 atom stereocenters. The molecule has 2 fully saturated rings. The Hall–Kier alpha value is -4.06. The van der Waals surface area contributed by atoms with Crippen molar-refractivity contribution in [1.82, 2.24) is 29.5 Å². The summed E-state index contributed by atoms with van der Waals surface area (Å²) in [5.74, 6) is 0.294. The molecule has 3 N–H and O–H groups in total. The number of β-amino-alcohol motifs (C(OH)–C–C–N with tert-alkyl or cyclic N) is 1. The predicted octanol–water partition coefficient (Wildman–Crippen LogP) is 7.68. The first-order valence-electron chi connectivity index (χ1n) is 17.5. The number of carbonyl (C=O) groups is 1. The van der Waals surface area contributed by atoms with E-state index < -0.39 is 0 Å². The van der Waals surface area contributed by atoms with Gasteiger partial charge in [-0.25, -0.2) is 4.98 Å². The van der Waals surface area contributed by atoms with Crippen LogP contribution in [0, 0.1) is 0 Å². The fourth-order valence-electron chi connectivity index (χ4n) is 7.66. The number of aryl methyl sites for hydroxylation is 1. The Morgan fingerprint density at radius 3 is 2.44 bits per heavy atom. The molecule has 0 saturated carbocycles. The number of rotatable bonds is 8. The molecule has 6 heterocycles. The molecule has 0 radical (unpaired) electrons. The summed E-state index contributed by atoms with van der Waals surface area (Å²) < 4.78 is 2.01. The predicted molar refractivity (Wildman–Crippen MR) is 198 cm³/mol. The molecule has 0 bridgehead atoms. The van der Waals surface area contributed by atoms with E-state index in [0.717, 1.165) is 74.1 Å². The number of halogens is 2. The Morgan fingerprint density at radius 2 is 1.66 bits per heavy atom. The highest BCUT2D eigenvalue weighted by atomic mass is 35.5. The zero-order chi connectivity index (χ0) is 34.2. The van der Waals surface area contributed by atoms with Crippen LogP contribution >= 0.6 is 23.2 Å². The number of pyridine rings is 2. The zero-order valence-corrected chi connectivity index (χ0v) is 29.3. The lowest BCUT2D eigenvalue weighted by Gasteiger charge is -2.36. The van der Waals surface area contributed by atoms with Crippen molar-refractivity contribution in [2.45, 2.75) is 63.8 Å². The molecule has 8 rings (SSSR count). The summed E-state index contributed by atoms with van der Waals surface area (Å²) in [7, 11) is 0. The number of amides is 1. The van der Waals surface area contributed by atoms with Crippen molar-refractivity contribution in [1.29, 1.82) is 0 Å². The monoisotopic (exact) mass is 710 g/mol. The number of hydrogen-bond acceptors (Lipinski definition) is 8. The van der Waals surface area contributed by atoms with Gasteiger partial charge in [0.2, 0.25) is 0 Å². The van der Waals surface area contributed by atoms with Gasteiger partial charge < -0.3 is 15.7 Å². The number of benzene rings is 2. The lowest BCUT2D eigenvalue weighted by Crippen LogP contribution is -2.36. The molecule has 0 aliphatic carbocycles. The molecule has 2 saturated heterocycles. The van der Waals surface area contributed by atoms with Crippen LogP contribution < -0.4 is 10.6 Å². The number of nitrogens with zero attached hydrogens (tertiary/aromatic N) is 6. The number of anilines is 3. The van der Waals surface area contributed by atoms with Crippen molar-refractivity contribution in [3.63, 3.8) is 0 Å². The molecule has 12 heteroatoms. The Morgan fingerprint density at radius 1 is 0.880 bits per heavy atom. The number of hydrogen-bond donors (Lipinski definition) is 3. The quantitative estimate of drug-likeness (QED) is 0.150. The molecule has 50 heavy (non-hydrogen) atoms. The molecule has 3 aliphatic heterocycles. The molecular formula is C38H40Cl2N8O2. The van der Waals surface area contributed by atoms with Crippen molar-refractivity contribution in [2.24, 2.45) is 0 Å². The van der Waals surface area contributed by atoms with Gasteiger partial charge in [-0.1, -0.05) is 53.9 Å². The smallest absolute Gasteiger partial charge is 0.276 e. The van der Waals surface area contributed by atoms with Crippen LogP contribution in [0.4, 0.5) is 17.2 Å². The van der Waals surface area contributed by atoms with Gasteiger partial charge in [0.05, 0.1) is 39.3 Å². The summed E-state index contributed by atoms with van der Waals surface area (Å²) in [6, 6.07) is 17.5. The maximum absolute atomic E-state index is 13.5. The van der Waals surface area contributed by atoms with E-state index in [2.05, 4.69) is 31.5 Å². The fraction of sp³-hybridized carbons (Fsp3) is 0.368. The third kappa shape index (κ3) is 6.70. The summed E-state index contributed by atoms with van der Waals surface area (Å²) in [6.07, 6.45) is 10.0. The summed E-state index contributed by atoms with van der Waals surface area (Å²) in [5, 5.41) is 22.8. The van der Waals surface area contributed by atoms with Gasteiger partial charge >= 0.3 is 0 Å². The van der Waals surface area contributed by atoms with Crippen LogP contribution in [0.3, 0.4) is 0 Å². The van der Waals surface area contributed by atoms with E-state index in [1.54, 1.807) is 12.3 Å². The Kier molecular flexibility index (Phi) is 9.46. The normalized spacial score (nSPS) is 19.8. The lowest BCUT2D eigenvalue weighted by molar-refractivity contribution is 0.102. The van der Waals surface area contributed by atoms with Crippen molar-refractivity contribution in [3.8, 4) is 11.1 Å². The molecule has 3 aliphatic rings. The highest BCUT2D eigenvalue weighted by Gasteiger charge is 2.30. The maximum atomic E-state index is 13.5. The minimum Gasteiger partial charge on any atom is -0.392 e. The van der Waals surface area contributed by atoms with E-state index in [1.807, 2.05) is 53.3 Å². The summed E-state index contributed by atoms with van der Waals surface area (Å²) in [5.41, 5.74) is 5.87. The standard InChI is InChI=1S/C38H40Cl2N8O2/c39-34-27(7-4-9-29(34)43-37-36-25(12-14-41-37)19-24(21-42-36)22-46-18-13-26(49)23-46)28-8-5-10-30(35(28)40)44-38(50)31-20-33-32(11-6-17-48(33)45-31)47-15-2-1-3-16-47/h4-5,7-10,12,14,19-21,26,32,49H,1-3,6,11,13,15-18,22-23H2,(H,41,43)(H,44,50)/t26-,32?/m1/s1. The SMILES string of the molecule is O=C(Nc1cccc(-c2cccc(Nc3nccc4cc(CN5CC[C@@H](O)C5)cnc34)c2Cl)c1Cl)c1cc2n(n1)CCCC2N1CCCCC1. The number of fused-ring (bicyclic) bond motifs is 2. The second-order valence-corrected chi connectivity index (χ2v) is 14.4. The fourth-order valence-corrected chi connectivity index (χ4v) is 8.21. The summed E-state index contributed by atoms with van der Waals surface area (Å²) in [6.45, 7) is 5.32. The Labute approximate surface area is 301 Å². The van der Waals surface area contributed by atoms with Crippen LogP contribution in [0.5, 0.6) is 0 Å². The first-order valence-corrected chi connectivity index (χ1v) is 18.3. The van der Waals surface area contributed by atoms with E-state index in [0.29, 0.717) is 56.6 Å². The molecule has 0 spiro atoms. The van der Waals surface area contributed by atoms with Crippen LogP contribution in [0.1, 0.15) is 66.3 Å². The molecule has 258 valence electrons. The first-order chi connectivity index (χ1) is 24.4. The molecule has 1 unspecified atom stereocenters. The number of likely N-dealkylation sites (tertiary alicyclic amines) is 2.